The number of alkyl halides is 3. The van der Waals surface area contributed by atoms with Crippen molar-refractivity contribution in [3.63, 3.8) is 0 Å². The molecule has 2 atom stereocenters. The Kier molecular flexibility index (Phi) is 6.90. The molecular formula is C19H22ClF3N2O5. The molecule has 0 saturated carbocycles. The summed E-state index contributed by atoms with van der Waals surface area (Å²) in [6.07, 6.45) is -4.19. The number of likely N-dealkylation sites (tertiary alicyclic amines) is 1. The van der Waals surface area contributed by atoms with Crippen LogP contribution in [0.25, 0.3) is 0 Å². The molecule has 1 aromatic carbocycles. The van der Waals surface area contributed by atoms with Crippen molar-refractivity contribution in [3.05, 3.63) is 28.8 Å². The smallest absolute Gasteiger partial charge is 0.480 e. The third kappa shape index (κ3) is 5.56. The molecule has 11 heteroatoms. The third-order valence-electron chi connectivity index (χ3n) is 4.64. The summed E-state index contributed by atoms with van der Waals surface area (Å²) in [6.45, 7) is 5.25. The number of carboxylic acid groups (broad SMARTS) is 1. The summed E-state index contributed by atoms with van der Waals surface area (Å²) in [7, 11) is 0. The molecule has 0 aromatic heterocycles. The Hall–Kier alpha value is -2.49. The van der Waals surface area contributed by atoms with Gasteiger partial charge >= 0.3 is 12.3 Å². The lowest BCUT2D eigenvalue weighted by atomic mass is 9.85. The second-order valence-electron chi connectivity index (χ2n) is 7.97. The van der Waals surface area contributed by atoms with Crippen molar-refractivity contribution in [1.29, 1.82) is 0 Å². The predicted molar refractivity (Wildman–Crippen MR) is 101 cm³/mol. The number of aliphatic carboxylic acids is 1. The zero-order valence-corrected chi connectivity index (χ0v) is 17.3. The quantitative estimate of drug-likeness (QED) is 0.716. The fourth-order valence-electron chi connectivity index (χ4n) is 3.20. The number of hydrogen-bond acceptors (Lipinski definition) is 4. The maximum atomic E-state index is 13.1. The van der Waals surface area contributed by atoms with Crippen LogP contribution >= 0.6 is 11.6 Å². The molecule has 1 aromatic rings. The van der Waals surface area contributed by atoms with E-state index in [4.69, 9.17) is 11.6 Å². The molecule has 0 spiro atoms. The van der Waals surface area contributed by atoms with Crippen molar-refractivity contribution >= 4 is 29.4 Å². The maximum absolute atomic E-state index is 13.1. The summed E-state index contributed by atoms with van der Waals surface area (Å²) in [6, 6.07) is 1.19. The van der Waals surface area contributed by atoms with Crippen molar-refractivity contribution in [2.24, 2.45) is 5.41 Å². The van der Waals surface area contributed by atoms with Crippen LogP contribution in [0.4, 0.5) is 13.2 Å². The van der Waals surface area contributed by atoms with Crippen LogP contribution in [0.2, 0.25) is 5.02 Å². The van der Waals surface area contributed by atoms with E-state index in [0.29, 0.717) is 12.8 Å². The molecule has 2 rings (SSSR count). The number of carbonyl (C=O) groups excluding carboxylic acids is 2. The predicted octanol–water partition coefficient (Wildman–Crippen LogP) is 3.46. The molecular weight excluding hydrogens is 429 g/mol. The van der Waals surface area contributed by atoms with Crippen LogP contribution < -0.4 is 10.1 Å². The Morgan fingerprint density at radius 3 is 2.43 bits per heavy atom. The standard InChI is InChI=1S/C19H22ClF3N2O5/c1-18(2,3)14(16(27)25-9-5-7-11(25)17(28)29)24-15(26)10-6-4-8-12(13(10)20)30-19(21,22)23/h4,6,8,11,14H,5,7,9H2,1-3H3,(H,24,26)(H,28,29)/t11-,14+/m0/s1. The minimum Gasteiger partial charge on any atom is -0.480 e. The SMILES string of the molecule is CC(C)(C)[C@H](NC(=O)c1cccc(OC(F)(F)F)c1Cl)C(=O)N1CCC[C@H]1C(=O)O. The van der Waals surface area contributed by atoms with Crippen molar-refractivity contribution in [3.8, 4) is 5.75 Å². The Labute approximate surface area is 176 Å². The number of ether oxygens (including phenoxy) is 1. The fourth-order valence-corrected chi connectivity index (χ4v) is 3.45. The lowest BCUT2D eigenvalue weighted by molar-refractivity contribution is -0.274. The normalized spacial score (nSPS) is 18.1. The molecule has 0 bridgehead atoms. The fraction of sp³-hybridized carbons (Fsp3) is 0.526. The molecule has 166 valence electrons. The van der Waals surface area contributed by atoms with Gasteiger partial charge in [0.1, 0.15) is 17.8 Å². The Bertz CT molecular complexity index is 838. The van der Waals surface area contributed by atoms with Gasteiger partial charge in [-0.2, -0.15) is 0 Å². The van der Waals surface area contributed by atoms with E-state index in [9.17, 15) is 32.7 Å². The average Bonchev–Trinajstić information content (AvgIpc) is 3.08. The van der Waals surface area contributed by atoms with Crippen LogP contribution in [-0.4, -0.2) is 52.8 Å². The van der Waals surface area contributed by atoms with Gasteiger partial charge in [0.05, 0.1) is 10.6 Å². The number of benzene rings is 1. The number of amides is 2. The highest BCUT2D eigenvalue weighted by atomic mass is 35.5. The van der Waals surface area contributed by atoms with Gasteiger partial charge in [-0.3, -0.25) is 9.59 Å². The lowest BCUT2D eigenvalue weighted by Crippen LogP contribution is -2.56. The summed E-state index contributed by atoms with van der Waals surface area (Å²) in [5.74, 6) is -3.35. The number of nitrogens with one attached hydrogen (secondary N) is 1. The molecule has 0 aliphatic carbocycles. The Morgan fingerprint density at radius 2 is 1.90 bits per heavy atom. The van der Waals surface area contributed by atoms with Gasteiger partial charge in [-0.1, -0.05) is 38.4 Å². The Morgan fingerprint density at radius 1 is 1.27 bits per heavy atom. The summed E-state index contributed by atoms with van der Waals surface area (Å²) >= 11 is 5.92. The number of rotatable bonds is 5. The highest BCUT2D eigenvalue weighted by molar-refractivity contribution is 6.35. The van der Waals surface area contributed by atoms with Gasteiger partial charge in [0.2, 0.25) is 5.91 Å². The molecule has 0 radical (unpaired) electrons. The van der Waals surface area contributed by atoms with Crippen LogP contribution in [0.3, 0.4) is 0 Å². The zero-order valence-electron chi connectivity index (χ0n) is 16.5. The van der Waals surface area contributed by atoms with E-state index in [1.54, 1.807) is 20.8 Å². The van der Waals surface area contributed by atoms with Crippen LogP contribution in [0.15, 0.2) is 18.2 Å². The maximum Gasteiger partial charge on any atom is 0.573 e. The molecule has 1 saturated heterocycles. The first-order valence-corrected chi connectivity index (χ1v) is 9.48. The first-order chi connectivity index (χ1) is 13.7. The second kappa shape index (κ2) is 8.71. The van der Waals surface area contributed by atoms with Gasteiger partial charge in [0.25, 0.3) is 5.91 Å². The van der Waals surface area contributed by atoms with Crippen LogP contribution in [-0.2, 0) is 9.59 Å². The highest BCUT2D eigenvalue weighted by Crippen LogP contribution is 2.33. The third-order valence-corrected chi connectivity index (χ3v) is 5.03. The van der Waals surface area contributed by atoms with Gasteiger partial charge < -0.3 is 20.1 Å². The number of nitrogens with zero attached hydrogens (tertiary/aromatic N) is 1. The van der Waals surface area contributed by atoms with E-state index in [1.165, 1.54) is 11.0 Å². The minimum absolute atomic E-state index is 0.230. The summed E-state index contributed by atoms with van der Waals surface area (Å²) in [4.78, 5) is 38.4. The van der Waals surface area contributed by atoms with Crippen LogP contribution in [0, 0.1) is 5.41 Å². The van der Waals surface area contributed by atoms with Crippen molar-refractivity contribution < 1.29 is 37.4 Å². The molecule has 0 unspecified atom stereocenters. The summed E-state index contributed by atoms with van der Waals surface area (Å²) in [5, 5.41) is 11.3. The molecule has 7 nitrogen and oxygen atoms in total. The van der Waals surface area contributed by atoms with E-state index in [0.717, 1.165) is 12.1 Å². The largest absolute Gasteiger partial charge is 0.573 e. The zero-order chi connectivity index (χ0) is 22.9. The van der Waals surface area contributed by atoms with Crippen molar-refractivity contribution in [2.75, 3.05) is 6.54 Å². The molecule has 1 heterocycles. The first-order valence-electron chi connectivity index (χ1n) is 9.11. The van der Waals surface area contributed by atoms with Crippen molar-refractivity contribution in [1.82, 2.24) is 10.2 Å². The molecule has 2 N–H and O–H groups in total. The number of carbonyl (C=O) groups is 3. The number of carboxylic acids is 1. The van der Waals surface area contributed by atoms with Crippen LogP contribution in [0.1, 0.15) is 44.0 Å². The van der Waals surface area contributed by atoms with Gasteiger partial charge in [-0.25, -0.2) is 4.79 Å². The van der Waals surface area contributed by atoms with E-state index in [-0.39, 0.29) is 12.1 Å². The molecule has 1 fully saturated rings. The van der Waals surface area contributed by atoms with E-state index < -0.39 is 52.4 Å². The van der Waals surface area contributed by atoms with Crippen LogP contribution in [0.5, 0.6) is 5.75 Å². The van der Waals surface area contributed by atoms with Gasteiger partial charge in [-0.05, 0) is 30.4 Å². The monoisotopic (exact) mass is 450 g/mol. The van der Waals surface area contributed by atoms with E-state index in [2.05, 4.69) is 10.1 Å². The summed E-state index contributed by atoms with van der Waals surface area (Å²) in [5.41, 5.74) is -1.12. The van der Waals surface area contributed by atoms with Gasteiger partial charge in [0.15, 0.2) is 0 Å². The number of halogens is 4. The first kappa shape index (κ1) is 23.8. The van der Waals surface area contributed by atoms with Gasteiger partial charge in [-0.15, -0.1) is 13.2 Å². The second-order valence-corrected chi connectivity index (χ2v) is 8.34. The van der Waals surface area contributed by atoms with Crippen molar-refractivity contribution in [2.45, 2.75) is 52.1 Å². The Balaban J connectivity index is 2.30. The van der Waals surface area contributed by atoms with E-state index >= 15 is 0 Å². The lowest BCUT2D eigenvalue weighted by Gasteiger charge is -2.35. The molecule has 2 amide bonds. The minimum atomic E-state index is -5.00. The number of hydrogen-bond donors (Lipinski definition) is 2. The van der Waals surface area contributed by atoms with Gasteiger partial charge in [0, 0.05) is 6.54 Å². The molecule has 1 aliphatic heterocycles. The molecule has 1 aliphatic rings. The topological polar surface area (TPSA) is 95.9 Å². The highest BCUT2D eigenvalue weighted by Gasteiger charge is 2.42. The average molecular weight is 451 g/mol. The van der Waals surface area contributed by atoms with E-state index in [1.807, 2.05) is 0 Å². The summed E-state index contributed by atoms with van der Waals surface area (Å²) < 4.78 is 41.4. The molecule has 30 heavy (non-hydrogen) atoms.